The van der Waals surface area contributed by atoms with Crippen LogP contribution < -0.4 is 10.1 Å². The van der Waals surface area contributed by atoms with Gasteiger partial charge in [0.15, 0.2) is 6.10 Å². The normalized spacial score (nSPS) is 12.5. The lowest BCUT2D eigenvalue weighted by Crippen LogP contribution is -2.46. The Labute approximate surface area is 193 Å². The van der Waals surface area contributed by atoms with Gasteiger partial charge in [-0.3, -0.25) is 0 Å². The quantitative estimate of drug-likeness (QED) is 0.433. The third-order valence-corrected chi connectivity index (χ3v) is 5.31. The van der Waals surface area contributed by atoms with Gasteiger partial charge in [0.2, 0.25) is 0 Å². The van der Waals surface area contributed by atoms with Crippen molar-refractivity contribution in [1.29, 1.82) is 0 Å². The molecular formula is C25H42N2O5. The molecule has 0 aromatic heterocycles. The molecule has 0 spiro atoms. The largest absolute Gasteiger partial charge is 0.492 e. The van der Waals surface area contributed by atoms with E-state index in [1.54, 1.807) is 6.92 Å². The summed E-state index contributed by atoms with van der Waals surface area (Å²) >= 11 is 0. The molecule has 1 atom stereocenters. The van der Waals surface area contributed by atoms with Crippen LogP contribution in [-0.2, 0) is 16.0 Å². The number of urea groups is 1. The molecule has 7 nitrogen and oxygen atoms in total. The fraction of sp³-hybridized carbons (Fsp3) is 0.680. The van der Waals surface area contributed by atoms with E-state index in [1.165, 1.54) is 0 Å². The number of carboxylic acids is 1. The van der Waals surface area contributed by atoms with Crippen molar-refractivity contribution in [3.8, 4) is 5.75 Å². The molecule has 0 aliphatic heterocycles. The van der Waals surface area contributed by atoms with Gasteiger partial charge in [-0.25, -0.2) is 9.59 Å². The number of hydrogen-bond acceptors (Lipinski definition) is 4. The molecule has 0 saturated carbocycles. The van der Waals surface area contributed by atoms with E-state index in [2.05, 4.69) is 39.9 Å². The van der Waals surface area contributed by atoms with Gasteiger partial charge in [-0.15, -0.1) is 0 Å². The fourth-order valence-corrected chi connectivity index (χ4v) is 3.22. The number of hydrogen-bond donors (Lipinski definition) is 2. The first kappa shape index (κ1) is 27.8. The van der Waals surface area contributed by atoms with E-state index < -0.39 is 12.1 Å². The van der Waals surface area contributed by atoms with E-state index >= 15 is 0 Å². The number of carbonyl (C=O) groups is 2. The second-order valence-electron chi connectivity index (χ2n) is 9.33. The molecule has 1 rings (SSSR count). The number of nitrogens with zero attached hydrogens (tertiary/aromatic N) is 1. The molecular weight excluding hydrogens is 408 g/mol. The van der Waals surface area contributed by atoms with Gasteiger partial charge in [-0.2, -0.15) is 0 Å². The van der Waals surface area contributed by atoms with Crippen molar-refractivity contribution in [1.82, 2.24) is 10.2 Å². The van der Waals surface area contributed by atoms with Crippen molar-refractivity contribution < 1.29 is 24.2 Å². The number of benzene rings is 1. The van der Waals surface area contributed by atoms with Crippen molar-refractivity contribution in [3.05, 3.63) is 29.8 Å². The zero-order valence-corrected chi connectivity index (χ0v) is 20.6. The molecule has 7 heteroatoms. The van der Waals surface area contributed by atoms with Gasteiger partial charge in [0.25, 0.3) is 0 Å². The maximum Gasteiger partial charge on any atom is 0.333 e. The van der Waals surface area contributed by atoms with Gasteiger partial charge in [0, 0.05) is 26.1 Å². The van der Waals surface area contributed by atoms with Crippen LogP contribution in [0.15, 0.2) is 24.3 Å². The van der Waals surface area contributed by atoms with Crippen LogP contribution in [0.4, 0.5) is 4.79 Å². The van der Waals surface area contributed by atoms with Gasteiger partial charge in [0.05, 0.1) is 6.54 Å². The highest BCUT2D eigenvalue weighted by Gasteiger charge is 2.20. The number of carboxylic acid groups (broad SMARTS) is 1. The number of aliphatic carboxylic acids is 1. The molecule has 1 unspecified atom stereocenters. The maximum absolute atomic E-state index is 12.8. The zero-order valence-electron chi connectivity index (χ0n) is 20.6. The van der Waals surface area contributed by atoms with Crippen LogP contribution in [0.5, 0.6) is 5.75 Å². The van der Waals surface area contributed by atoms with Gasteiger partial charge < -0.3 is 24.8 Å². The molecule has 2 N–H and O–H groups in total. The summed E-state index contributed by atoms with van der Waals surface area (Å²) in [4.78, 5) is 25.9. The fourth-order valence-electron chi connectivity index (χ4n) is 3.22. The summed E-state index contributed by atoms with van der Waals surface area (Å²) in [6.45, 7) is 14.9. The minimum atomic E-state index is -0.963. The second-order valence-corrected chi connectivity index (χ2v) is 9.33. The van der Waals surface area contributed by atoms with Crippen molar-refractivity contribution in [2.24, 2.45) is 11.3 Å². The summed E-state index contributed by atoms with van der Waals surface area (Å²) in [6, 6.07) is 7.29. The summed E-state index contributed by atoms with van der Waals surface area (Å²) in [5, 5.41) is 12.3. The molecule has 182 valence electrons. The Morgan fingerprint density at radius 1 is 1.09 bits per heavy atom. The first-order chi connectivity index (χ1) is 15.1. The second kappa shape index (κ2) is 14.0. The van der Waals surface area contributed by atoms with Crippen LogP contribution in [0.3, 0.4) is 0 Å². The minimum Gasteiger partial charge on any atom is -0.492 e. The van der Waals surface area contributed by atoms with Crippen LogP contribution >= 0.6 is 0 Å². The molecule has 1 aromatic rings. The Bertz CT molecular complexity index is 681. The standard InChI is InChI=1S/C25H42N2O5/c1-7-19(8-2)17-27(24(30)26-18-25(4,5)6)14-15-32-21-12-10-20(11-13-21)16-22(23(28)29)31-9-3/h10-13,19,22H,7-9,14-18H2,1-6H3,(H,26,30)(H,28,29). The predicted molar refractivity (Wildman–Crippen MR) is 127 cm³/mol. The van der Waals surface area contributed by atoms with Crippen molar-refractivity contribution in [3.63, 3.8) is 0 Å². The van der Waals surface area contributed by atoms with Crippen molar-refractivity contribution in [2.75, 3.05) is 32.8 Å². The Hall–Kier alpha value is -2.28. The Morgan fingerprint density at radius 3 is 2.22 bits per heavy atom. The molecule has 0 radical (unpaired) electrons. The molecule has 0 fully saturated rings. The molecule has 1 aromatic carbocycles. The van der Waals surface area contributed by atoms with Crippen LogP contribution in [-0.4, -0.2) is 61.0 Å². The maximum atomic E-state index is 12.8. The predicted octanol–water partition coefficient (Wildman–Crippen LogP) is 4.59. The first-order valence-corrected chi connectivity index (χ1v) is 11.7. The average Bonchev–Trinajstić information content (AvgIpc) is 2.74. The topological polar surface area (TPSA) is 88.1 Å². The van der Waals surface area contributed by atoms with Gasteiger partial charge in [-0.05, 0) is 36.0 Å². The van der Waals surface area contributed by atoms with Crippen molar-refractivity contribution >= 4 is 12.0 Å². The molecule has 0 heterocycles. The Morgan fingerprint density at radius 2 is 1.72 bits per heavy atom. The van der Waals surface area contributed by atoms with Crippen molar-refractivity contribution in [2.45, 2.75) is 66.9 Å². The van der Waals surface area contributed by atoms with Crippen LogP contribution in [0.25, 0.3) is 0 Å². The summed E-state index contributed by atoms with van der Waals surface area (Å²) in [5.41, 5.74) is 0.895. The van der Waals surface area contributed by atoms with Crippen LogP contribution in [0.1, 0.15) is 59.9 Å². The highest BCUT2D eigenvalue weighted by molar-refractivity contribution is 5.74. The van der Waals surface area contributed by atoms with Crippen LogP contribution in [0, 0.1) is 11.3 Å². The van der Waals surface area contributed by atoms with Gasteiger partial charge in [0.1, 0.15) is 12.4 Å². The summed E-state index contributed by atoms with van der Waals surface area (Å²) < 4.78 is 11.1. The van der Waals surface area contributed by atoms with Gasteiger partial charge >= 0.3 is 12.0 Å². The number of nitrogens with one attached hydrogen (secondary N) is 1. The highest BCUT2D eigenvalue weighted by Crippen LogP contribution is 2.16. The lowest BCUT2D eigenvalue weighted by atomic mass is 9.97. The number of carbonyl (C=O) groups excluding carboxylic acids is 1. The van der Waals surface area contributed by atoms with E-state index in [-0.39, 0.29) is 11.4 Å². The number of rotatable bonds is 14. The summed E-state index contributed by atoms with van der Waals surface area (Å²) in [7, 11) is 0. The Kier molecular flexibility index (Phi) is 12.1. The van der Waals surface area contributed by atoms with E-state index in [0.717, 1.165) is 18.4 Å². The smallest absolute Gasteiger partial charge is 0.333 e. The number of amides is 2. The molecule has 0 bridgehead atoms. The third-order valence-electron chi connectivity index (χ3n) is 5.31. The number of ether oxygens (including phenoxy) is 2. The lowest BCUT2D eigenvalue weighted by Gasteiger charge is -2.28. The average molecular weight is 451 g/mol. The van der Waals surface area contributed by atoms with E-state index in [1.807, 2.05) is 29.2 Å². The third kappa shape index (κ3) is 10.8. The lowest BCUT2D eigenvalue weighted by molar-refractivity contribution is -0.149. The molecule has 0 aliphatic rings. The van der Waals surface area contributed by atoms with Crippen LogP contribution in [0.2, 0.25) is 0 Å². The molecule has 0 saturated heterocycles. The molecule has 32 heavy (non-hydrogen) atoms. The highest BCUT2D eigenvalue weighted by atomic mass is 16.5. The van der Waals surface area contributed by atoms with E-state index in [9.17, 15) is 14.7 Å². The minimum absolute atomic E-state index is 0.0241. The summed E-state index contributed by atoms with van der Waals surface area (Å²) in [5.74, 6) is 0.186. The monoisotopic (exact) mass is 450 g/mol. The molecule has 0 aliphatic carbocycles. The van der Waals surface area contributed by atoms with E-state index in [0.29, 0.717) is 50.9 Å². The summed E-state index contributed by atoms with van der Waals surface area (Å²) in [6.07, 6.45) is 1.51. The first-order valence-electron chi connectivity index (χ1n) is 11.7. The molecule has 2 amide bonds. The van der Waals surface area contributed by atoms with Gasteiger partial charge in [-0.1, -0.05) is 59.6 Å². The Balaban J connectivity index is 2.65. The van der Waals surface area contributed by atoms with E-state index in [4.69, 9.17) is 9.47 Å². The SMILES string of the molecule is CCOC(Cc1ccc(OCCN(CC(CC)CC)C(=O)NCC(C)(C)C)cc1)C(=O)O. The zero-order chi connectivity index (χ0) is 24.1.